The van der Waals surface area contributed by atoms with Crippen molar-refractivity contribution in [2.45, 2.75) is 6.42 Å². The van der Waals surface area contributed by atoms with E-state index >= 15 is 0 Å². The molecule has 0 atom stereocenters. The van der Waals surface area contributed by atoms with Gasteiger partial charge in [-0.1, -0.05) is 12.1 Å². The molecular weight excluding hydrogens is 138 g/mol. The highest BCUT2D eigenvalue weighted by Crippen LogP contribution is 2.10. The summed E-state index contributed by atoms with van der Waals surface area (Å²) >= 11 is 0. The number of phenolic OH excluding ortho intramolecular Hbond substituents is 1. The Morgan fingerprint density at radius 2 is 2.27 bits per heavy atom. The summed E-state index contributed by atoms with van der Waals surface area (Å²) in [5.74, 6) is 0.312. The summed E-state index contributed by atoms with van der Waals surface area (Å²) in [6.45, 7) is 4.10. The van der Waals surface area contributed by atoms with Gasteiger partial charge in [0.1, 0.15) is 5.75 Å². The van der Waals surface area contributed by atoms with Crippen molar-refractivity contribution in [3.8, 4) is 5.75 Å². The van der Waals surface area contributed by atoms with Gasteiger partial charge in [-0.15, -0.1) is 0 Å². The van der Waals surface area contributed by atoms with Crippen molar-refractivity contribution in [2.24, 2.45) is 4.99 Å². The van der Waals surface area contributed by atoms with Crippen LogP contribution in [0, 0.1) is 0 Å². The van der Waals surface area contributed by atoms with Crippen molar-refractivity contribution < 1.29 is 5.11 Å². The molecule has 0 aliphatic carbocycles. The fourth-order valence-corrected chi connectivity index (χ4v) is 0.920. The number of nitrogens with zero attached hydrogens (tertiary/aromatic N) is 1. The number of aliphatic imine (C=N–C) groups is 1. The first kappa shape index (κ1) is 7.79. The van der Waals surface area contributed by atoms with E-state index < -0.39 is 0 Å². The smallest absolute Gasteiger partial charge is 0.115 e. The van der Waals surface area contributed by atoms with Crippen molar-refractivity contribution in [2.75, 3.05) is 6.54 Å². The highest BCUT2D eigenvalue weighted by atomic mass is 16.3. The van der Waals surface area contributed by atoms with Crippen LogP contribution in [0.1, 0.15) is 5.56 Å². The zero-order valence-corrected chi connectivity index (χ0v) is 6.33. The Kier molecular flexibility index (Phi) is 2.66. The lowest BCUT2D eigenvalue weighted by atomic mass is 10.1. The maximum absolute atomic E-state index is 9.07. The van der Waals surface area contributed by atoms with E-state index in [1.54, 1.807) is 12.1 Å². The standard InChI is InChI=1S/C9H11NO/c1-10-6-5-8-3-2-4-9(11)7-8/h2-4,7,11H,1,5-6H2. The number of rotatable bonds is 3. The van der Waals surface area contributed by atoms with Crippen LogP contribution in [0.25, 0.3) is 0 Å². The second-order valence-electron chi connectivity index (χ2n) is 2.37. The summed E-state index contributed by atoms with van der Waals surface area (Å²) in [4.78, 5) is 3.73. The molecule has 1 rings (SSSR count). The van der Waals surface area contributed by atoms with Crippen LogP contribution in [0.4, 0.5) is 0 Å². The van der Waals surface area contributed by atoms with Crippen LogP contribution in [-0.4, -0.2) is 18.4 Å². The summed E-state index contributed by atoms with van der Waals surface area (Å²) < 4.78 is 0. The highest BCUT2D eigenvalue weighted by Gasteiger charge is 1.91. The first-order valence-electron chi connectivity index (χ1n) is 3.53. The molecule has 0 saturated heterocycles. The van der Waals surface area contributed by atoms with E-state index in [2.05, 4.69) is 11.7 Å². The normalized spacial score (nSPS) is 9.45. The first-order chi connectivity index (χ1) is 5.33. The van der Waals surface area contributed by atoms with Crippen LogP contribution in [0.5, 0.6) is 5.75 Å². The molecule has 0 heterocycles. The SMILES string of the molecule is C=NCCc1cccc(O)c1. The summed E-state index contributed by atoms with van der Waals surface area (Å²) in [5.41, 5.74) is 1.09. The van der Waals surface area contributed by atoms with E-state index in [0.717, 1.165) is 12.0 Å². The Morgan fingerprint density at radius 1 is 1.45 bits per heavy atom. The number of hydrogen-bond acceptors (Lipinski definition) is 2. The summed E-state index contributed by atoms with van der Waals surface area (Å²) in [6.07, 6.45) is 0.845. The number of benzene rings is 1. The van der Waals surface area contributed by atoms with Gasteiger partial charge in [-0.05, 0) is 30.8 Å². The predicted molar refractivity (Wildman–Crippen MR) is 46.2 cm³/mol. The number of hydrogen-bond donors (Lipinski definition) is 1. The average molecular weight is 149 g/mol. The lowest BCUT2D eigenvalue weighted by Crippen LogP contribution is -1.87. The topological polar surface area (TPSA) is 32.6 Å². The third-order valence-electron chi connectivity index (χ3n) is 1.47. The van der Waals surface area contributed by atoms with Gasteiger partial charge in [-0.3, -0.25) is 0 Å². The fourth-order valence-electron chi connectivity index (χ4n) is 0.920. The van der Waals surface area contributed by atoms with Crippen LogP contribution in [0.2, 0.25) is 0 Å². The van der Waals surface area contributed by atoms with Gasteiger partial charge in [0, 0.05) is 6.54 Å². The van der Waals surface area contributed by atoms with E-state index in [9.17, 15) is 0 Å². The predicted octanol–water partition coefficient (Wildman–Crippen LogP) is 1.64. The molecule has 0 bridgehead atoms. The number of phenols is 1. The van der Waals surface area contributed by atoms with E-state index in [4.69, 9.17) is 5.11 Å². The highest BCUT2D eigenvalue weighted by molar-refractivity contribution is 5.28. The minimum Gasteiger partial charge on any atom is -0.508 e. The van der Waals surface area contributed by atoms with Gasteiger partial charge >= 0.3 is 0 Å². The third-order valence-corrected chi connectivity index (χ3v) is 1.47. The molecule has 11 heavy (non-hydrogen) atoms. The molecule has 0 aromatic heterocycles. The fraction of sp³-hybridized carbons (Fsp3) is 0.222. The van der Waals surface area contributed by atoms with Gasteiger partial charge in [0.05, 0.1) is 0 Å². The third kappa shape index (κ3) is 2.42. The van der Waals surface area contributed by atoms with Crippen LogP contribution in [0.15, 0.2) is 29.3 Å². The molecule has 1 aromatic carbocycles. The van der Waals surface area contributed by atoms with Gasteiger partial charge in [0.2, 0.25) is 0 Å². The Labute approximate surface area is 66.2 Å². The van der Waals surface area contributed by atoms with Crippen molar-refractivity contribution in [1.82, 2.24) is 0 Å². The maximum atomic E-state index is 9.07. The van der Waals surface area contributed by atoms with Crippen LogP contribution in [0.3, 0.4) is 0 Å². The molecule has 0 aliphatic heterocycles. The second kappa shape index (κ2) is 3.76. The van der Waals surface area contributed by atoms with Gasteiger partial charge in [-0.2, -0.15) is 0 Å². The molecule has 2 nitrogen and oxygen atoms in total. The van der Waals surface area contributed by atoms with E-state index in [0.29, 0.717) is 12.3 Å². The van der Waals surface area contributed by atoms with E-state index in [1.165, 1.54) is 0 Å². The van der Waals surface area contributed by atoms with Crippen molar-refractivity contribution in [3.63, 3.8) is 0 Å². The second-order valence-corrected chi connectivity index (χ2v) is 2.37. The maximum Gasteiger partial charge on any atom is 0.115 e. The molecule has 0 fully saturated rings. The lowest BCUT2D eigenvalue weighted by Gasteiger charge is -1.97. The first-order valence-corrected chi connectivity index (χ1v) is 3.53. The zero-order chi connectivity index (χ0) is 8.10. The van der Waals surface area contributed by atoms with Gasteiger partial charge in [-0.25, -0.2) is 0 Å². The molecule has 1 N–H and O–H groups in total. The molecule has 0 amide bonds. The van der Waals surface area contributed by atoms with Crippen LogP contribution in [-0.2, 0) is 6.42 Å². The van der Waals surface area contributed by atoms with Gasteiger partial charge in [0.25, 0.3) is 0 Å². The van der Waals surface area contributed by atoms with Gasteiger partial charge in [0.15, 0.2) is 0 Å². The number of aromatic hydroxyl groups is 1. The van der Waals surface area contributed by atoms with Gasteiger partial charge < -0.3 is 10.1 Å². The van der Waals surface area contributed by atoms with Crippen LogP contribution >= 0.6 is 0 Å². The Hall–Kier alpha value is -1.31. The minimum absolute atomic E-state index is 0.312. The summed E-state index contributed by atoms with van der Waals surface area (Å²) in [7, 11) is 0. The van der Waals surface area contributed by atoms with Crippen molar-refractivity contribution in [3.05, 3.63) is 29.8 Å². The van der Waals surface area contributed by atoms with Crippen molar-refractivity contribution >= 4 is 6.72 Å². The molecule has 0 unspecified atom stereocenters. The van der Waals surface area contributed by atoms with E-state index in [-0.39, 0.29) is 0 Å². The Balaban J connectivity index is 2.63. The summed E-state index contributed by atoms with van der Waals surface area (Å²) in [6, 6.07) is 7.19. The molecule has 2 heteroatoms. The lowest BCUT2D eigenvalue weighted by molar-refractivity contribution is 0.474. The van der Waals surface area contributed by atoms with Crippen molar-refractivity contribution in [1.29, 1.82) is 0 Å². The zero-order valence-electron chi connectivity index (χ0n) is 6.33. The molecular formula is C9H11NO. The average Bonchev–Trinajstić information content (AvgIpc) is 2.01. The van der Waals surface area contributed by atoms with E-state index in [1.807, 2.05) is 12.1 Å². The molecule has 0 aliphatic rings. The van der Waals surface area contributed by atoms with Crippen LogP contribution < -0.4 is 0 Å². The monoisotopic (exact) mass is 149 g/mol. The molecule has 0 saturated carbocycles. The molecule has 0 spiro atoms. The molecule has 58 valence electrons. The molecule has 0 radical (unpaired) electrons. The summed E-state index contributed by atoms with van der Waals surface area (Å²) in [5, 5.41) is 9.07. The Bertz CT molecular complexity index is 245. The quantitative estimate of drug-likeness (QED) is 0.651. The minimum atomic E-state index is 0.312. The molecule has 1 aromatic rings. The Morgan fingerprint density at radius 3 is 2.91 bits per heavy atom. The largest absolute Gasteiger partial charge is 0.508 e.